The van der Waals surface area contributed by atoms with E-state index in [1.165, 1.54) is 13.8 Å². The molecule has 20 heavy (non-hydrogen) atoms. The fraction of sp³-hybridized carbons (Fsp3) is 0.312. The van der Waals surface area contributed by atoms with E-state index in [-0.39, 0.29) is 17.1 Å². The predicted octanol–water partition coefficient (Wildman–Crippen LogP) is 4.04. The maximum absolute atomic E-state index is 11.9. The molecule has 1 N–H and O–H groups in total. The number of Topliss-reactive ketones (excluding diaryl/α,β-unsaturated/α-hetero) is 1. The first-order chi connectivity index (χ1) is 9.40. The van der Waals surface area contributed by atoms with Crippen LogP contribution in [0.5, 0.6) is 0 Å². The van der Waals surface area contributed by atoms with Crippen molar-refractivity contribution < 1.29 is 18.7 Å². The van der Waals surface area contributed by atoms with Crippen molar-refractivity contribution in [1.29, 1.82) is 0 Å². The van der Waals surface area contributed by atoms with Gasteiger partial charge in [-0.3, -0.25) is 4.79 Å². The van der Waals surface area contributed by atoms with Gasteiger partial charge >= 0.3 is 0 Å². The zero-order chi connectivity index (χ0) is 14.9. The van der Waals surface area contributed by atoms with Gasteiger partial charge in [-0.25, -0.2) is 0 Å². The normalized spacial score (nSPS) is 12.7. The second-order valence-corrected chi connectivity index (χ2v) is 4.89. The van der Waals surface area contributed by atoms with Crippen molar-refractivity contribution in [2.45, 2.75) is 33.6 Å². The third-order valence-corrected chi connectivity index (χ3v) is 3.15. The van der Waals surface area contributed by atoms with Crippen LogP contribution in [0, 0.1) is 13.8 Å². The molecule has 2 heterocycles. The Morgan fingerprint density at radius 2 is 1.45 bits per heavy atom. The Hall–Kier alpha value is -2.23. The van der Waals surface area contributed by atoms with Gasteiger partial charge in [-0.1, -0.05) is 0 Å². The predicted molar refractivity (Wildman–Crippen MR) is 74.7 cm³/mol. The standard InChI is InChI=1S/C16H18O4/c1-9-5-7-13(19-9)16(14-8-6-10(2)20-14)15(11(3)17)12(4)18/h5-8,16-17H,1-4H3/b15-11+. The number of hydrogen-bond donors (Lipinski definition) is 1. The fourth-order valence-corrected chi connectivity index (χ4v) is 2.31. The molecular formula is C16H18O4. The Morgan fingerprint density at radius 3 is 1.70 bits per heavy atom. The summed E-state index contributed by atoms with van der Waals surface area (Å²) in [6, 6.07) is 7.23. The van der Waals surface area contributed by atoms with Gasteiger partial charge in [0.05, 0.1) is 11.3 Å². The van der Waals surface area contributed by atoms with Crippen LogP contribution in [0.1, 0.15) is 42.8 Å². The number of carbonyl (C=O) groups is 1. The molecule has 0 fully saturated rings. The minimum absolute atomic E-state index is 0.0226. The van der Waals surface area contributed by atoms with Crippen LogP contribution in [0.15, 0.2) is 44.4 Å². The van der Waals surface area contributed by atoms with Gasteiger partial charge in [0.2, 0.25) is 0 Å². The van der Waals surface area contributed by atoms with E-state index in [1.54, 1.807) is 12.1 Å². The van der Waals surface area contributed by atoms with E-state index >= 15 is 0 Å². The maximum Gasteiger partial charge on any atom is 0.160 e. The summed E-state index contributed by atoms with van der Waals surface area (Å²) in [6.45, 7) is 6.58. The molecule has 2 aromatic heterocycles. The molecule has 0 saturated carbocycles. The van der Waals surface area contributed by atoms with Crippen LogP contribution < -0.4 is 0 Å². The molecule has 4 nitrogen and oxygen atoms in total. The Balaban J connectivity index is 2.61. The van der Waals surface area contributed by atoms with Crippen LogP contribution in [0.25, 0.3) is 0 Å². The molecule has 0 bridgehead atoms. The van der Waals surface area contributed by atoms with Crippen molar-refractivity contribution in [2.24, 2.45) is 0 Å². The van der Waals surface area contributed by atoms with E-state index in [1.807, 2.05) is 26.0 Å². The number of aliphatic hydroxyl groups excluding tert-OH is 1. The van der Waals surface area contributed by atoms with E-state index in [4.69, 9.17) is 8.83 Å². The topological polar surface area (TPSA) is 63.6 Å². The second-order valence-electron chi connectivity index (χ2n) is 4.89. The minimum atomic E-state index is -0.528. The average molecular weight is 274 g/mol. The molecular weight excluding hydrogens is 256 g/mol. The van der Waals surface area contributed by atoms with Crippen molar-refractivity contribution in [3.8, 4) is 0 Å². The number of rotatable bonds is 4. The second kappa shape index (κ2) is 5.41. The van der Waals surface area contributed by atoms with Gasteiger partial charge < -0.3 is 13.9 Å². The first kappa shape index (κ1) is 14.2. The number of aryl methyl sites for hydroxylation is 2. The highest BCUT2D eigenvalue weighted by Crippen LogP contribution is 2.35. The highest BCUT2D eigenvalue weighted by Gasteiger charge is 2.29. The lowest BCUT2D eigenvalue weighted by Gasteiger charge is -2.15. The monoisotopic (exact) mass is 274 g/mol. The lowest BCUT2D eigenvalue weighted by Crippen LogP contribution is -2.12. The van der Waals surface area contributed by atoms with Gasteiger partial charge in [0.15, 0.2) is 5.78 Å². The Kier molecular flexibility index (Phi) is 3.84. The molecule has 106 valence electrons. The van der Waals surface area contributed by atoms with Gasteiger partial charge in [-0.05, 0) is 52.0 Å². The molecule has 0 unspecified atom stereocenters. The number of aliphatic hydroxyl groups is 1. The molecule has 2 aromatic rings. The molecule has 0 radical (unpaired) electrons. The zero-order valence-electron chi connectivity index (χ0n) is 12.1. The number of furan rings is 2. The SMILES string of the molecule is CC(=O)/C(=C(/C)O)C(c1ccc(C)o1)c1ccc(C)o1. The van der Waals surface area contributed by atoms with Gasteiger partial charge in [0.1, 0.15) is 29.0 Å². The third-order valence-electron chi connectivity index (χ3n) is 3.15. The number of ketones is 1. The summed E-state index contributed by atoms with van der Waals surface area (Å²) < 4.78 is 11.3. The van der Waals surface area contributed by atoms with E-state index in [0.29, 0.717) is 11.5 Å². The van der Waals surface area contributed by atoms with Gasteiger partial charge in [-0.2, -0.15) is 0 Å². The first-order valence-electron chi connectivity index (χ1n) is 6.43. The Labute approximate surface area is 117 Å². The van der Waals surface area contributed by atoms with E-state index in [2.05, 4.69) is 0 Å². The summed E-state index contributed by atoms with van der Waals surface area (Å²) >= 11 is 0. The molecule has 0 saturated heterocycles. The average Bonchev–Trinajstić information content (AvgIpc) is 2.94. The summed E-state index contributed by atoms with van der Waals surface area (Å²) in [5.74, 6) is 1.88. The molecule has 4 heteroatoms. The molecule has 0 amide bonds. The first-order valence-corrected chi connectivity index (χ1v) is 6.43. The van der Waals surface area contributed by atoms with Crippen LogP contribution in [0.2, 0.25) is 0 Å². The quantitative estimate of drug-likeness (QED) is 0.675. The number of carbonyl (C=O) groups excluding carboxylic acids is 1. The van der Waals surface area contributed by atoms with Crippen LogP contribution in [-0.4, -0.2) is 10.9 Å². The molecule has 0 spiro atoms. The van der Waals surface area contributed by atoms with Crippen molar-refractivity contribution in [1.82, 2.24) is 0 Å². The molecule has 2 rings (SSSR count). The van der Waals surface area contributed by atoms with Crippen molar-refractivity contribution >= 4 is 5.78 Å². The van der Waals surface area contributed by atoms with Crippen LogP contribution in [0.3, 0.4) is 0 Å². The summed E-state index contributed by atoms with van der Waals surface area (Å²) in [5, 5.41) is 9.86. The molecule has 0 aliphatic carbocycles. The molecule has 0 aromatic carbocycles. The maximum atomic E-state index is 11.9. The smallest absolute Gasteiger partial charge is 0.160 e. The van der Waals surface area contributed by atoms with Crippen molar-refractivity contribution in [3.63, 3.8) is 0 Å². The zero-order valence-corrected chi connectivity index (χ0v) is 12.1. The summed E-state index contributed by atoms with van der Waals surface area (Å²) in [7, 11) is 0. The van der Waals surface area contributed by atoms with Crippen LogP contribution in [0.4, 0.5) is 0 Å². The lowest BCUT2D eigenvalue weighted by molar-refractivity contribution is -0.114. The minimum Gasteiger partial charge on any atom is -0.512 e. The molecule has 0 aliphatic heterocycles. The summed E-state index contributed by atoms with van der Waals surface area (Å²) in [5.41, 5.74) is 0.286. The molecule has 0 atom stereocenters. The highest BCUT2D eigenvalue weighted by molar-refractivity contribution is 5.95. The van der Waals surface area contributed by atoms with E-state index in [9.17, 15) is 9.90 Å². The fourth-order valence-electron chi connectivity index (χ4n) is 2.31. The Bertz CT molecular complexity index is 613. The summed E-state index contributed by atoms with van der Waals surface area (Å²) in [4.78, 5) is 11.9. The van der Waals surface area contributed by atoms with Gasteiger partial charge in [-0.15, -0.1) is 0 Å². The molecule has 0 aliphatic rings. The van der Waals surface area contributed by atoms with Gasteiger partial charge in [0, 0.05) is 0 Å². The van der Waals surface area contributed by atoms with Crippen LogP contribution >= 0.6 is 0 Å². The number of allylic oxidation sites excluding steroid dienone is 2. The Morgan fingerprint density at radius 1 is 1.00 bits per heavy atom. The van der Waals surface area contributed by atoms with E-state index < -0.39 is 5.92 Å². The highest BCUT2D eigenvalue weighted by atomic mass is 16.4. The summed E-state index contributed by atoms with van der Waals surface area (Å²) in [6.07, 6.45) is 0. The van der Waals surface area contributed by atoms with Crippen molar-refractivity contribution in [3.05, 3.63) is 58.6 Å². The van der Waals surface area contributed by atoms with Crippen LogP contribution in [-0.2, 0) is 4.79 Å². The van der Waals surface area contributed by atoms with E-state index in [0.717, 1.165) is 11.5 Å². The largest absolute Gasteiger partial charge is 0.512 e. The van der Waals surface area contributed by atoms with Crippen molar-refractivity contribution in [2.75, 3.05) is 0 Å². The van der Waals surface area contributed by atoms with Gasteiger partial charge in [0.25, 0.3) is 0 Å². The lowest BCUT2D eigenvalue weighted by atomic mass is 9.90. The number of hydrogen-bond acceptors (Lipinski definition) is 4. The third kappa shape index (κ3) is 2.69.